The van der Waals surface area contributed by atoms with E-state index in [0.29, 0.717) is 5.69 Å². The van der Waals surface area contributed by atoms with Crippen LogP contribution in [-0.4, -0.2) is 10.9 Å². The van der Waals surface area contributed by atoms with Crippen molar-refractivity contribution >= 4 is 11.6 Å². The molecule has 0 fully saturated rings. The fourth-order valence-electron chi connectivity index (χ4n) is 2.15. The monoisotopic (exact) mass is 340 g/mol. The van der Waals surface area contributed by atoms with Crippen LogP contribution in [0, 0.1) is 11.6 Å². The first kappa shape index (κ1) is 16.6. The Bertz CT molecular complexity index is 848. The SMILES string of the molecule is O=C(Nc1cc(F)cc(F)c1)c1ccc(COc2ccccc2)nc1. The van der Waals surface area contributed by atoms with Gasteiger partial charge in [-0.15, -0.1) is 0 Å². The number of halogens is 2. The van der Waals surface area contributed by atoms with Crippen molar-refractivity contribution in [2.75, 3.05) is 5.32 Å². The molecule has 1 N–H and O–H groups in total. The number of hydrogen-bond donors (Lipinski definition) is 1. The molecule has 0 aliphatic heterocycles. The molecular weight excluding hydrogens is 326 g/mol. The summed E-state index contributed by atoms with van der Waals surface area (Å²) in [5, 5.41) is 2.43. The Morgan fingerprint density at radius 1 is 1.00 bits per heavy atom. The molecule has 0 radical (unpaired) electrons. The van der Waals surface area contributed by atoms with Gasteiger partial charge in [-0.25, -0.2) is 8.78 Å². The molecule has 3 rings (SSSR count). The number of nitrogens with zero attached hydrogens (tertiary/aromatic N) is 1. The van der Waals surface area contributed by atoms with E-state index in [1.54, 1.807) is 12.1 Å². The summed E-state index contributed by atoms with van der Waals surface area (Å²) in [4.78, 5) is 16.3. The first-order valence-electron chi connectivity index (χ1n) is 7.50. The molecule has 25 heavy (non-hydrogen) atoms. The number of nitrogens with one attached hydrogen (secondary N) is 1. The van der Waals surface area contributed by atoms with Crippen LogP contribution < -0.4 is 10.1 Å². The maximum atomic E-state index is 13.1. The van der Waals surface area contributed by atoms with Gasteiger partial charge in [-0.3, -0.25) is 9.78 Å². The molecule has 0 aliphatic rings. The van der Waals surface area contributed by atoms with Crippen molar-refractivity contribution in [2.24, 2.45) is 0 Å². The first-order chi connectivity index (χ1) is 12.1. The van der Waals surface area contributed by atoms with E-state index >= 15 is 0 Å². The number of amides is 1. The number of ether oxygens (including phenoxy) is 1. The van der Waals surface area contributed by atoms with Gasteiger partial charge in [-0.2, -0.15) is 0 Å². The highest BCUT2D eigenvalue weighted by Crippen LogP contribution is 2.15. The number of carbonyl (C=O) groups is 1. The van der Waals surface area contributed by atoms with Crippen molar-refractivity contribution in [1.29, 1.82) is 0 Å². The van der Waals surface area contributed by atoms with Crippen molar-refractivity contribution in [3.05, 3.63) is 89.8 Å². The predicted molar refractivity (Wildman–Crippen MR) is 89.3 cm³/mol. The number of benzene rings is 2. The summed E-state index contributed by atoms with van der Waals surface area (Å²) in [7, 11) is 0. The lowest BCUT2D eigenvalue weighted by molar-refractivity contribution is 0.102. The van der Waals surface area contributed by atoms with E-state index in [4.69, 9.17) is 4.74 Å². The van der Waals surface area contributed by atoms with Gasteiger partial charge in [-0.1, -0.05) is 18.2 Å². The normalized spacial score (nSPS) is 10.3. The predicted octanol–water partition coefficient (Wildman–Crippen LogP) is 4.19. The molecule has 0 atom stereocenters. The number of rotatable bonds is 5. The van der Waals surface area contributed by atoms with Crippen LogP contribution in [0.1, 0.15) is 16.1 Å². The van der Waals surface area contributed by atoms with Gasteiger partial charge in [0, 0.05) is 18.0 Å². The fraction of sp³-hybridized carbons (Fsp3) is 0.0526. The first-order valence-corrected chi connectivity index (χ1v) is 7.50. The largest absolute Gasteiger partial charge is 0.487 e. The standard InChI is InChI=1S/C19H14F2N2O2/c20-14-8-15(21)10-17(9-14)23-19(24)13-6-7-16(22-11-13)12-25-18-4-2-1-3-5-18/h1-11H,12H2,(H,23,24). The summed E-state index contributed by atoms with van der Waals surface area (Å²) >= 11 is 0. The zero-order valence-electron chi connectivity index (χ0n) is 13.1. The highest BCUT2D eigenvalue weighted by atomic mass is 19.1. The van der Waals surface area contributed by atoms with Crippen LogP contribution in [0.15, 0.2) is 66.9 Å². The summed E-state index contributed by atoms with van der Waals surface area (Å²) in [6, 6.07) is 15.3. The van der Waals surface area contributed by atoms with E-state index in [9.17, 15) is 13.6 Å². The topological polar surface area (TPSA) is 51.2 Å². The Balaban J connectivity index is 1.62. The Kier molecular flexibility index (Phi) is 4.99. The molecular formula is C19H14F2N2O2. The van der Waals surface area contributed by atoms with E-state index < -0.39 is 17.5 Å². The molecule has 0 spiro atoms. The number of para-hydroxylation sites is 1. The maximum absolute atomic E-state index is 13.1. The smallest absolute Gasteiger partial charge is 0.257 e. The summed E-state index contributed by atoms with van der Waals surface area (Å²) in [5.41, 5.74) is 0.962. The average molecular weight is 340 g/mol. The zero-order chi connectivity index (χ0) is 17.6. The Morgan fingerprint density at radius 2 is 1.72 bits per heavy atom. The number of carbonyl (C=O) groups excluding carboxylic acids is 1. The van der Waals surface area contributed by atoms with Gasteiger partial charge in [-0.05, 0) is 36.4 Å². The second kappa shape index (κ2) is 7.53. The second-order valence-corrected chi connectivity index (χ2v) is 5.25. The van der Waals surface area contributed by atoms with Crippen molar-refractivity contribution in [3.63, 3.8) is 0 Å². The third-order valence-corrected chi connectivity index (χ3v) is 3.34. The molecule has 1 aromatic heterocycles. The van der Waals surface area contributed by atoms with Gasteiger partial charge < -0.3 is 10.1 Å². The van der Waals surface area contributed by atoms with Gasteiger partial charge in [0.25, 0.3) is 5.91 Å². The lowest BCUT2D eigenvalue weighted by Crippen LogP contribution is -2.13. The van der Waals surface area contributed by atoms with Crippen molar-refractivity contribution in [2.45, 2.75) is 6.61 Å². The lowest BCUT2D eigenvalue weighted by atomic mass is 10.2. The summed E-state index contributed by atoms with van der Waals surface area (Å²) in [6.45, 7) is 0.265. The van der Waals surface area contributed by atoms with E-state index in [-0.39, 0.29) is 17.9 Å². The number of aromatic nitrogens is 1. The fourth-order valence-corrected chi connectivity index (χ4v) is 2.15. The van der Waals surface area contributed by atoms with E-state index in [1.165, 1.54) is 6.20 Å². The molecule has 0 unspecified atom stereocenters. The Labute approximate surface area is 143 Å². The molecule has 4 nitrogen and oxygen atoms in total. The summed E-state index contributed by atoms with van der Waals surface area (Å²) in [5.74, 6) is -1.31. The minimum absolute atomic E-state index is 0.0407. The molecule has 3 aromatic rings. The minimum Gasteiger partial charge on any atom is -0.487 e. The molecule has 2 aromatic carbocycles. The summed E-state index contributed by atoms with van der Waals surface area (Å²) in [6.07, 6.45) is 1.38. The van der Waals surface area contributed by atoms with Crippen LogP contribution in [-0.2, 0) is 6.61 Å². The third-order valence-electron chi connectivity index (χ3n) is 3.34. The van der Waals surface area contributed by atoms with Crippen LogP contribution in [0.4, 0.5) is 14.5 Å². The number of anilines is 1. The van der Waals surface area contributed by atoms with Crippen LogP contribution in [0.25, 0.3) is 0 Å². The van der Waals surface area contributed by atoms with Crippen molar-refractivity contribution in [1.82, 2.24) is 4.98 Å². The molecule has 1 heterocycles. The minimum atomic E-state index is -0.762. The van der Waals surface area contributed by atoms with Crippen molar-refractivity contribution in [3.8, 4) is 5.75 Å². The van der Waals surface area contributed by atoms with Crippen LogP contribution in [0.3, 0.4) is 0 Å². The Morgan fingerprint density at radius 3 is 2.36 bits per heavy atom. The maximum Gasteiger partial charge on any atom is 0.257 e. The van der Waals surface area contributed by atoms with E-state index in [2.05, 4.69) is 10.3 Å². The van der Waals surface area contributed by atoms with E-state index in [0.717, 1.165) is 23.9 Å². The van der Waals surface area contributed by atoms with E-state index in [1.807, 2.05) is 30.3 Å². The Hall–Kier alpha value is -3.28. The quantitative estimate of drug-likeness (QED) is 0.758. The highest BCUT2D eigenvalue weighted by Gasteiger charge is 2.09. The van der Waals surface area contributed by atoms with Gasteiger partial charge in [0.05, 0.1) is 11.3 Å². The molecule has 0 saturated heterocycles. The zero-order valence-corrected chi connectivity index (χ0v) is 13.1. The van der Waals surface area contributed by atoms with Gasteiger partial charge in [0.2, 0.25) is 0 Å². The van der Waals surface area contributed by atoms with Gasteiger partial charge in [0.1, 0.15) is 24.0 Å². The lowest BCUT2D eigenvalue weighted by Gasteiger charge is -2.07. The van der Waals surface area contributed by atoms with Crippen LogP contribution >= 0.6 is 0 Å². The third kappa shape index (κ3) is 4.60. The molecule has 6 heteroatoms. The van der Waals surface area contributed by atoms with Crippen LogP contribution in [0.5, 0.6) is 5.75 Å². The molecule has 0 aliphatic carbocycles. The molecule has 1 amide bonds. The number of hydrogen-bond acceptors (Lipinski definition) is 3. The number of pyridine rings is 1. The average Bonchev–Trinajstić information content (AvgIpc) is 2.60. The summed E-state index contributed by atoms with van der Waals surface area (Å²) < 4.78 is 31.8. The molecule has 126 valence electrons. The molecule has 0 bridgehead atoms. The van der Waals surface area contributed by atoms with Crippen LogP contribution in [0.2, 0.25) is 0 Å². The molecule has 0 saturated carbocycles. The van der Waals surface area contributed by atoms with Gasteiger partial charge in [0.15, 0.2) is 0 Å². The van der Waals surface area contributed by atoms with Gasteiger partial charge >= 0.3 is 0 Å². The second-order valence-electron chi connectivity index (χ2n) is 5.25. The highest BCUT2D eigenvalue weighted by molar-refractivity contribution is 6.04. The van der Waals surface area contributed by atoms with Crippen molar-refractivity contribution < 1.29 is 18.3 Å².